The van der Waals surface area contributed by atoms with Crippen LogP contribution in [0.4, 0.5) is 13.2 Å². The van der Waals surface area contributed by atoms with Gasteiger partial charge in [0.2, 0.25) is 0 Å². The molecule has 0 fully saturated rings. The van der Waals surface area contributed by atoms with Crippen molar-refractivity contribution in [2.24, 2.45) is 0 Å². The lowest BCUT2D eigenvalue weighted by atomic mass is 9.98. The summed E-state index contributed by atoms with van der Waals surface area (Å²) in [5, 5.41) is -1.46. The van der Waals surface area contributed by atoms with Gasteiger partial charge in [-0.3, -0.25) is 4.79 Å². The monoisotopic (exact) mass is 420 g/mol. The highest BCUT2D eigenvalue weighted by Crippen LogP contribution is 2.45. The van der Waals surface area contributed by atoms with Crippen molar-refractivity contribution in [2.75, 3.05) is 0 Å². The van der Waals surface area contributed by atoms with Gasteiger partial charge in [-0.05, 0) is 6.07 Å². The molecule has 0 bridgehead atoms. The van der Waals surface area contributed by atoms with Crippen LogP contribution in [-0.4, -0.2) is 5.78 Å². The Kier molecular flexibility index (Phi) is 5.44. The summed E-state index contributed by atoms with van der Waals surface area (Å²) in [6, 6.07) is 4.22. The highest BCUT2D eigenvalue weighted by molar-refractivity contribution is 6.56. The largest absolute Gasteiger partial charge is 0.417 e. The summed E-state index contributed by atoms with van der Waals surface area (Å²) in [7, 11) is 0. The SMILES string of the molecule is O=C(c1ccccc1C(F)(F)F)c1c(Cl)c(Cl)c(Cl)c(Cl)c1Cl. The van der Waals surface area contributed by atoms with Gasteiger partial charge in [0.15, 0.2) is 5.78 Å². The molecule has 9 heteroatoms. The van der Waals surface area contributed by atoms with Crippen molar-refractivity contribution in [3.05, 3.63) is 66.1 Å². The van der Waals surface area contributed by atoms with Crippen LogP contribution in [-0.2, 0) is 6.18 Å². The molecule has 0 amide bonds. The zero-order chi connectivity index (χ0) is 17.5. The third-order valence-electron chi connectivity index (χ3n) is 2.91. The number of benzene rings is 2. The molecule has 1 nitrogen and oxygen atoms in total. The van der Waals surface area contributed by atoms with Crippen molar-refractivity contribution >= 4 is 63.8 Å². The zero-order valence-corrected chi connectivity index (χ0v) is 14.5. The van der Waals surface area contributed by atoms with Gasteiger partial charge in [-0.2, -0.15) is 13.2 Å². The lowest BCUT2D eigenvalue weighted by molar-refractivity contribution is -0.137. The molecule has 0 aliphatic heterocycles. The molecule has 2 rings (SSSR count). The highest BCUT2D eigenvalue weighted by atomic mass is 35.5. The van der Waals surface area contributed by atoms with E-state index in [0.29, 0.717) is 0 Å². The maximum Gasteiger partial charge on any atom is 0.417 e. The van der Waals surface area contributed by atoms with E-state index in [2.05, 4.69) is 0 Å². The van der Waals surface area contributed by atoms with E-state index in [-0.39, 0.29) is 25.1 Å². The van der Waals surface area contributed by atoms with E-state index in [1.807, 2.05) is 0 Å². The van der Waals surface area contributed by atoms with Crippen molar-refractivity contribution in [1.82, 2.24) is 0 Å². The molecule has 0 heterocycles. The number of carbonyl (C=O) groups is 1. The fraction of sp³-hybridized carbons (Fsp3) is 0.0714. The highest BCUT2D eigenvalue weighted by Gasteiger charge is 2.36. The summed E-state index contributed by atoms with van der Waals surface area (Å²) < 4.78 is 39.2. The Labute approximate surface area is 153 Å². The van der Waals surface area contributed by atoms with Crippen LogP contribution >= 0.6 is 58.0 Å². The van der Waals surface area contributed by atoms with E-state index in [9.17, 15) is 18.0 Å². The molecule has 0 spiro atoms. The predicted molar refractivity (Wildman–Crippen MR) is 86.4 cm³/mol. The number of hydrogen-bond acceptors (Lipinski definition) is 1. The first-order valence-electron chi connectivity index (χ1n) is 5.79. The Morgan fingerprint density at radius 2 is 1.22 bits per heavy atom. The third kappa shape index (κ3) is 3.42. The molecule has 0 radical (unpaired) electrons. The molecule has 0 saturated heterocycles. The number of alkyl halides is 3. The molecule has 0 atom stereocenters. The Bertz CT molecular complexity index is 773. The first-order chi connectivity index (χ1) is 10.6. The second-order valence-electron chi connectivity index (χ2n) is 4.32. The summed E-state index contributed by atoms with van der Waals surface area (Å²) >= 11 is 29.3. The van der Waals surface area contributed by atoms with E-state index >= 15 is 0 Å². The third-order valence-corrected chi connectivity index (χ3v) is 5.19. The van der Waals surface area contributed by atoms with Crippen LogP contribution in [0.15, 0.2) is 24.3 Å². The van der Waals surface area contributed by atoms with Crippen molar-refractivity contribution < 1.29 is 18.0 Å². The van der Waals surface area contributed by atoms with E-state index in [0.717, 1.165) is 18.2 Å². The molecular weight excluding hydrogens is 418 g/mol. The van der Waals surface area contributed by atoms with Gasteiger partial charge in [0.05, 0.1) is 36.2 Å². The van der Waals surface area contributed by atoms with E-state index in [1.165, 1.54) is 6.07 Å². The van der Waals surface area contributed by atoms with E-state index in [4.69, 9.17) is 58.0 Å². The quantitative estimate of drug-likeness (QED) is 0.284. The summed E-state index contributed by atoms with van der Waals surface area (Å²) in [5.74, 6) is -1.06. The minimum Gasteiger partial charge on any atom is -0.288 e. The van der Waals surface area contributed by atoms with Gasteiger partial charge in [-0.1, -0.05) is 76.2 Å². The van der Waals surface area contributed by atoms with Gasteiger partial charge in [0.1, 0.15) is 0 Å². The van der Waals surface area contributed by atoms with Crippen molar-refractivity contribution in [3.63, 3.8) is 0 Å². The summed E-state index contributed by atoms with van der Waals surface area (Å²) in [5.41, 5.74) is -2.19. The van der Waals surface area contributed by atoms with Crippen molar-refractivity contribution in [3.8, 4) is 0 Å². The van der Waals surface area contributed by atoms with Crippen LogP contribution < -0.4 is 0 Å². The van der Waals surface area contributed by atoms with Gasteiger partial charge < -0.3 is 0 Å². The maximum absolute atomic E-state index is 13.1. The topological polar surface area (TPSA) is 17.1 Å². The molecular formula is C14H4Cl5F3O. The van der Waals surface area contributed by atoms with Crippen LogP contribution in [0.2, 0.25) is 25.1 Å². The Balaban J connectivity index is 2.74. The number of hydrogen-bond donors (Lipinski definition) is 0. The number of carbonyl (C=O) groups excluding carboxylic acids is 1. The van der Waals surface area contributed by atoms with Crippen LogP contribution in [0.1, 0.15) is 21.5 Å². The molecule has 0 aliphatic carbocycles. The lowest BCUT2D eigenvalue weighted by Crippen LogP contribution is -2.14. The summed E-state index contributed by atoms with van der Waals surface area (Å²) in [6.45, 7) is 0. The van der Waals surface area contributed by atoms with Crippen LogP contribution in [0.25, 0.3) is 0 Å². The Morgan fingerprint density at radius 3 is 1.70 bits per heavy atom. The molecule has 2 aromatic carbocycles. The maximum atomic E-state index is 13.1. The molecule has 0 aliphatic rings. The molecule has 0 saturated carbocycles. The van der Waals surface area contributed by atoms with Crippen molar-refractivity contribution in [2.45, 2.75) is 6.18 Å². The lowest BCUT2D eigenvalue weighted by Gasteiger charge is -2.15. The summed E-state index contributed by atoms with van der Waals surface area (Å²) in [6.07, 6.45) is -4.73. The second-order valence-corrected chi connectivity index (χ2v) is 6.21. The molecule has 122 valence electrons. The molecule has 2 aromatic rings. The fourth-order valence-electron chi connectivity index (χ4n) is 1.87. The first-order valence-corrected chi connectivity index (χ1v) is 7.68. The average molecular weight is 422 g/mol. The minimum absolute atomic E-state index is 0.191. The smallest absolute Gasteiger partial charge is 0.288 e. The molecule has 0 unspecified atom stereocenters. The predicted octanol–water partition coefficient (Wildman–Crippen LogP) is 7.20. The zero-order valence-electron chi connectivity index (χ0n) is 10.7. The van der Waals surface area contributed by atoms with Gasteiger partial charge in [0.25, 0.3) is 0 Å². The first kappa shape index (κ1) is 18.7. The standard InChI is InChI=1S/C14H4Cl5F3O/c15-8-7(9(16)11(18)12(19)10(8)17)13(23)5-3-1-2-4-6(5)14(20,21)22/h1-4H. The molecule has 0 aromatic heterocycles. The number of ketones is 1. The number of halogens is 8. The minimum atomic E-state index is -4.73. The summed E-state index contributed by atoms with van der Waals surface area (Å²) in [4.78, 5) is 12.5. The van der Waals surface area contributed by atoms with Gasteiger partial charge in [-0.15, -0.1) is 0 Å². The van der Waals surface area contributed by atoms with Crippen LogP contribution in [0, 0.1) is 0 Å². The molecule has 23 heavy (non-hydrogen) atoms. The van der Waals surface area contributed by atoms with Gasteiger partial charge >= 0.3 is 6.18 Å². The molecule has 0 N–H and O–H groups in total. The van der Waals surface area contributed by atoms with E-state index in [1.54, 1.807) is 0 Å². The van der Waals surface area contributed by atoms with Gasteiger partial charge in [-0.25, -0.2) is 0 Å². The van der Waals surface area contributed by atoms with Crippen molar-refractivity contribution in [1.29, 1.82) is 0 Å². The van der Waals surface area contributed by atoms with Crippen LogP contribution in [0.5, 0.6) is 0 Å². The number of rotatable bonds is 2. The van der Waals surface area contributed by atoms with Gasteiger partial charge in [0, 0.05) is 5.56 Å². The average Bonchev–Trinajstić information content (AvgIpc) is 2.50. The van der Waals surface area contributed by atoms with Crippen LogP contribution in [0.3, 0.4) is 0 Å². The Hall–Kier alpha value is -0.650. The van der Waals surface area contributed by atoms with E-state index < -0.39 is 28.6 Å². The fourth-order valence-corrected chi connectivity index (χ4v) is 3.18. The normalized spacial score (nSPS) is 11.7. The second kappa shape index (κ2) is 6.69. The Morgan fingerprint density at radius 1 is 0.783 bits per heavy atom.